The fraction of sp³-hybridized carbons (Fsp3) is 0.435. The summed E-state index contributed by atoms with van der Waals surface area (Å²) in [4.78, 5) is 4.41. The number of hydrogen-bond donors (Lipinski definition) is 2. The number of benzene rings is 2. The van der Waals surface area contributed by atoms with Gasteiger partial charge in [0, 0.05) is 44.3 Å². The Hall–Kier alpha value is -2.53. The molecule has 0 radical (unpaired) electrons. The van der Waals surface area contributed by atoms with Gasteiger partial charge in [0.25, 0.3) is 0 Å². The number of guanidine groups is 1. The highest BCUT2D eigenvalue weighted by Crippen LogP contribution is 2.34. The molecule has 0 bridgehead atoms. The smallest absolute Gasteiger partial charge is 0.191 e. The summed E-state index contributed by atoms with van der Waals surface area (Å²) in [5.74, 6) is 1.71. The van der Waals surface area contributed by atoms with Gasteiger partial charge in [0.2, 0.25) is 0 Å². The summed E-state index contributed by atoms with van der Waals surface area (Å²) in [5.41, 5.74) is 2.56. The van der Waals surface area contributed by atoms with Crippen molar-refractivity contribution in [1.82, 2.24) is 10.6 Å². The Morgan fingerprint density at radius 2 is 1.75 bits per heavy atom. The molecule has 28 heavy (non-hydrogen) atoms. The largest absolute Gasteiger partial charge is 0.494 e. The van der Waals surface area contributed by atoms with Crippen molar-refractivity contribution >= 4 is 5.96 Å². The molecule has 0 spiro atoms. The van der Waals surface area contributed by atoms with Gasteiger partial charge in [0.15, 0.2) is 5.96 Å². The van der Waals surface area contributed by atoms with E-state index in [0.717, 1.165) is 49.9 Å². The van der Waals surface area contributed by atoms with Gasteiger partial charge in [-0.3, -0.25) is 4.99 Å². The van der Waals surface area contributed by atoms with Crippen LogP contribution >= 0.6 is 0 Å². The number of nitrogens with zero attached hydrogens (tertiary/aromatic N) is 1. The van der Waals surface area contributed by atoms with Crippen LogP contribution < -0.4 is 15.4 Å². The Morgan fingerprint density at radius 1 is 1.04 bits per heavy atom. The van der Waals surface area contributed by atoms with Crippen LogP contribution in [0, 0.1) is 0 Å². The van der Waals surface area contributed by atoms with Gasteiger partial charge in [-0.2, -0.15) is 0 Å². The molecule has 1 saturated heterocycles. The molecule has 2 aromatic carbocycles. The summed E-state index contributed by atoms with van der Waals surface area (Å²) < 4.78 is 11.4. The monoisotopic (exact) mass is 381 g/mol. The van der Waals surface area contributed by atoms with Gasteiger partial charge in [0.05, 0.1) is 6.61 Å². The summed E-state index contributed by atoms with van der Waals surface area (Å²) in [7, 11) is 1.81. The van der Waals surface area contributed by atoms with Gasteiger partial charge in [-0.1, -0.05) is 48.5 Å². The van der Waals surface area contributed by atoms with Gasteiger partial charge in [-0.05, 0) is 31.4 Å². The van der Waals surface area contributed by atoms with Crippen LogP contribution in [-0.4, -0.2) is 39.4 Å². The van der Waals surface area contributed by atoms with E-state index < -0.39 is 0 Å². The molecule has 1 heterocycles. The van der Waals surface area contributed by atoms with Crippen molar-refractivity contribution in [2.45, 2.75) is 31.7 Å². The van der Waals surface area contributed by atoms with Gasteiger partial charge < -0.3 is 20.1 Å². The van der Waals surface area contributed by atoms with E-state index in [1.807, 2.05) is 32.2 Å². The highest BCUT2D eigenvalue weighted by atomic mass is 16.5. The molecule has 3 rings (SSSR count). The summed E-state index contributed by atoms with van der Waals surface area (Å²) >= 11 is 0. The van der Waals surface area contributed by atoms with E-state index in [0.29, 0.717) is 13.2 Å². The topological polar surface area (TPSA) is 54.9 Å². The molecule has 0 aliphatic carbocycles. The normalized spacial score (nSPS) is 16.4. The van der Waals surface area contributed by atoms with E-state index in [1.54, 1.807) is 0 Å². The summed E-state index contributed by atoms with van der Waals surface area (Å²) in [6, 6.07) is 18.9. The van der Waals surface area contributed by atoms with Gasteiger partial charge >= 0.3 is 0 Å². The van der Waals surface area contributed by atoms with E-state index in [2.05, 4.69) is 52.0 Å². The van der Waals surface area contributed by atoms with Crippen LogP contribution in [0.25, 0.3) is 0 Å². The Morgan fingerprint density at radius 3 is 2.46 bits per heavy atom. The lowest BCUT2D eigenvalue weighted by Crippen LogP contribution is -2.47. The summed E-state index contributed by atoms with van der Waals surface area (Å²) in [5, 5.41) is 6.96. The van der Waals surface area contributed by atoms with E-state index in [9.17, 15) is 0 Å². The molecule has 2 aromatic rings. The second-order valence-electron chi connectivity index (χ2n) is 7.08. The molecule has 1 aliphatic heterocycles. The average molecular weight is 382 g/mol. The standard InChI is InChI=1S/C23H31N3O2/c1-3-28-21-12-8-7-9-19(21)17-25-22(24-2)26-18-23(13-15-27-16-14-23)20-10-5-4-6-11-20/h4-12H,3,13-18H2,1-2H3,(H2,24,25,26). The van der Waals surface area contributed by atoms with Gasteiger partial charge in [0.1, 0.15) is 5.75 Å². The number of hydrogen-bond acceptors (Lipinski definition) is 3. The SMILES string of the molecule is CCOc1ccccc1CNC(=NC)NCC1(c2ccccc2)CCOCC1. The molecular formula is C23H31N3O2. The number of nitrogens with one attached hydrogen (secondary N) is 2. The van der Waals surface area contributed by atoms with Gasteiger partial charge in [-0.15, -0.1) is 0 Å². The van der Waals surface area contributed by atoms with Crippen molar-refractivity contribution in [1.29, 1.82) is 0 Å². The first-order valence-corrected chi connectivity index (χ1v) is 10.1. The molecule has 2 N–H and O–H groups in total. The lowest BCUT2D eigenvalue weighted by Gasteiger charge is -2.38. The molecule has 1 fully saturated rings. The van der Waals surface area contributed by atoms with Crippen LogP contribution in [0.4, 0.5) is 0 Å². The fourth-order valence-corrected chi connectivity index (χ4v) is 3.72. The molecule has 0 amide bonds. The lowest BCUT2D eigenvalue weighted by atomic mass is 9.74. The zero-order chi connectivity index (χ0) is 19.7. The lowest BCUT2D eigenvalue weighted by molar-refractivity contribution is 0.0514. The number of ether oxygens (including phenoxy) is 2. The average Bonchev–Trinajstić information content (AvgIpc) is 2.76. The zero-order valence-corrected chi connectivity index (χ0v) is 16.9. The molecule has 0 atom stereocenters. The minimum Gasteiger partial charge on any atom is -0.494 e. The third kappa shape index (κ3) is 5.04. The van der Waals surface area contributed by atoms with Crippen LogP contribution in [0.1, 0.15) is 30.9 Å². The second-order valence-corrected chi connectivity index (χ2v) is 7.08. The zero-order valence-electron chi connectivity index (χ0n) is 16.9. The first kappa shape index (κ1) is 20.2. The third-order valence-corrected chi connectivity index (χ3v) is 5.37. The molecule has 5 heteroatoms. The van der Waals surface area contributed by atoms with Crippen molar-refractivity contribution in [3.05, 3.63) is 65.7 Å². The molecular weight excluding hydrogens is 350 g/mol. The Balaban J connectivity index is 1.64. The van der Waals surface area contributed by atoms with E-state index in [4.69, 9.17) is 9.47 Å². The van der Waals surface area contributed by atoms with Crippen molar-refractivity contribution in [2.24, 2.45) is 4.99 Å². The first-order valence-electron chi connectivity index (χ1n) is 10.1. The number of rotatable bonds is 7. The molecule has 0 aromatic heterocycles. The first-order chi connectivity index (χ1) is 13.8. The minimum absolute atomic E-state index is 0.0698. The molecule has 1 aliphatic rings. The quantitative estimate of drug-likeness (QED) is 0.569. The Bertz CT molecular complexity index is 755. The van der Waals surface area contributed by atoms with Crippen molar-refractivity contribution in [2.75, 3.05) is 33.4 Å². The Labute approximate surface area is 168 Å². The minimum atomic E-state index is 0.0698. The van der Waals surface area contributed by atoms with Crippen molar-refractivity contribution in [3.8, 4) is 5.75 Å². The fourth-order valence-electron chi connectivity index (χ4n) is 3.72. The number of para-hydroxylation sites is 1. The highest BCUT2D eigenvalue weighted by Gasteiger charge is 2.34. The molecule has 0 unspecified atom stereocenters. The van der Waals surface area contributed by atoms with Crippen LogP contribution in [-0.2, 0) is 16.7 Å². The Kier molecular flexibility index (Phi) is 7.31. The predicted molar refractivity (Wildman–Crippen MR) is 114 cm³/mol. The summed E-state index contributed by atoms with van der Waals surface area (Å²) in [6.45, 7) is 5.74. The van der Waals surface area contributed by atoms with Crippen LogP contribution in [0.15, 0.2) is 59.6 Å². The summed E-state index contributed by atoms with van der Waals surface area (Å²) in [6.07, 6.45) is 2.02. The van der Waals surface area contributed by atoms with Crippen molar-refractivity contribution in [3.63, 3.8) is 0 Å². The van der Waals surface area contributed by atoms with Crippen molar-refractivity contribution < 1.29 is 9.47 Å². The molecule has 0 saturated carbocycles. The maximum atomic E-state index is 5.72. The molecule has 5 nitrogen and oxygen atoms in total. The van der Waals surface area contributed by atoms with E-state index in [-0.39, 0.29) is 5.41 Å². The van der Waals surface area contributed by atoms with Crippen LogP contribution in [0.2, 0.25) is 0 Å². The predicted octanol–water partition coefficient (Wildman–Crippen LogP) is 3.50. The second kappa shape index (κ2) is 10.1. The van der Waals surface area contributed by atoms with Crippen LogP contribution in [0.3, 0.4) is 0 Å². The number of aliphatic imine (C=N–C) groups is 1. The molecule has 150 valence electrons. The van der Waals surface area contributed by atoms with E-state index >= 15 is 0 Å². The van der Waals surface area contributed by atoms with E-state index in [1.165, 1.54) is 5.56 Å². The van der Waals surface area contributed by atoms with Gasteiger partial charge in [-0.25, -0.2) is 0 Å². The highest BCUT2D eigenvalue weighted by molar-refractivity contribution is 5.79. The van der Waals surface area contributed by atoms with Crippen LogP contribution in [0.5, 0.6) is 5.75 Å². The maximum absolute atomic E-state index is 5.72. The maximum Gasteiger partial charge on any atom is 0.191 e. The third-order valence-electron chi connectivity index (χ3n) is 5.37.